The van der Waals surface area contributed by atoms with Crippen molar-refractivity contribution < 1.29 is 13.2 Å². The van der Waals surface area contributed by atoms with Gasteiger partial charge in [0.1, 0.15) is 5.82 Å². The zero-order valence-electron chi connectivity index (χ0n) is 9.05. The van der Waals surface area contributed by atoms with Gasteiger partial charge >= 0.3 is 0 Å². The van der Waals surface area contributed by atoms with Crippen molar-refractivity contribution in [2.45, 2.75) is 11.7 Å². The summed E-state index contributed by atoms with van der Waals surface area (Å²) in [5.74, 6) is 1.10. The molecule has 1 aromatic rings. The summed E-state index contributed by atoms with van der Waals surface area (Å²) >= 11 is 1.39. The average Bonchev–Trinajstić information content (AvgIpc) is 2.85. The molecule has 1 saturated heterocycles. The maximum Gasteiger partial charge on any atom is 0.235 e. The van der Waals surface area contributed by atoms with Gasteiger partial charge in [-0.25, -0.2) is 8.42 Å². The number of carbonyl (C=O) groups excluding carboxylic acids is 1. The Kier molecular flexibility index (Phi) is 3.72. The monoisotopic (exact) mass is 275 g/mol. The summed E-state index contributed by atoms with van der Waals surface area (Å²) in [6, 6.07) is 1.66. The molecule has 0 aliphatic carbocycles. The first kappa shape index (κ1) is 12.4. The first-order chi connectivity index (χ1) is 8.05. The van der Waals surface area contributed by atoms with Crippen LogP contribution in [-0.4, -0.2) is 47.0 Å². The third-order valence-electron chi connectivity index (χ3n) is 2.42. The molecule has 0 aromatic carbocycles. The number of aromatic amines is 1. The van der Waals surface area contributed by atoms with E-state index in [1.165, 1.54) is 11.8 Å². The van der Waals surface area contributed by atoms with Gasteiger partial charge in [0.15, 0.2) is 9.84 Å². The van der Waals surface area contributed by atoms with E-state index in [1.807, 2.05) is 0 Å². The molecule has 2 N–H and O–H groups in total. The van der Waals surface area contributed by atoms with E-state index in [4.69, 9.17) is 0 Å². The number of carbonyl (C=O) groups is 1. The summed E-state index contributed by atoms with van der Waals surface area (Å²) < 4.78 is 22.4. The van der Waals surface area contributed by atoms with Crippen LogP contribution in [0.2, 0.25) is 0 Å². The summed E-state index contributed by atoms with van der Waals surface area (Å²) in [4.78, 5) is 11.5. The normalized spacial score (nSPS) is 22.5. The molecule has 0 bridgehead atoms. The standard InChI is InChI=1S/C9H13N3O3S2/c13-9(11-8-1-3-10-12-8)5-16-7-2-4-17(14,15)6-7/h1,3,7H,2,4-6H2,(H2,10,11,12,13). The van der Waals surface area contributed by atoms with Gasteiger partial charge in [-0.2, -0.15) is 5.10 Å². The number of nitrogens with one attached hydrogen (secondary N) is 2. The lowest BCUT2D eigenvalue weighted by Gasteiger charge is -2.06. The maximum absolute atomic E-state index is 11.5. The molecule has 1 fully saturated rings. The van der Waals surface area contributed by atoms with Gasteiger partial charge in [0.05, 0.1) is 23.5 Å². The zero-order valence-corrected chi connectivity index (χ0v) is 10.7. The largest absolute Gasteiger partial charge is 0.310 e. The molecule has 1 aliphatic rings. The van der Waals surface area contributed by atoms with Crippen molar-refractivity contribution in [1.82, 2.24) is 10.2 Å². The Morgan fingerprint density at radius 2 is 2.47 bits per heavy atom. The molecule has 6 nitrogen and oxygen atoms in total. The van der Waals surface area contributed by atoms with Gasteiger partial charge in [-0.1, -0.05) is 0 Å². The molecule has 1 amide bonds. The van der Waals surface area contributed by atoms with Crippen molar-refractivity contribution in [3.63, 3.8) is 0 Å². The Morgan fingerprint density at radius 3 is 3.06 bits per heavy atom. The van der Waals surface area contributed by atoms with Crippen LogP contribution in [0, 0.1) is 0 Å². The van der Waals surface area contributed by atoms with E-state index in [2.05, 4.69) is 15.5 Å². The number of anilines is 1. The van der Waals surface area contributed by atoms with Crippen LogP contribution in [0.25, 0.3) is 0 Å². The highest BCUT2D eigenvalue weighted by atomic mass is 32.2. The van der Waals surface area contributed by atoms with Gasteiger partial charge in [-0.05, 0) is 6.42 Å². The number of sulfone groups is 1. The summed E-state index contributed by atoms with van der Waals surface area (Å²) in [6.07, 6.45) is 2.19. The van der Waals surface area contributed by atoms with Crippen molar-refractivity contribution in [2.24, 2.45) is 0 Å². The number of aromatic nitrogens is 2. The first-order valence-electron chi connectivity index (χ1n) is 5.16. The number of hydrogen-bond acceptors (Lipinski definition) is 5. The van der Waals surface area contributed by atoms with E-state index in [1.54, 1.807) is 12.3 Å². The third-order valence-corrected chi connectivity index (χ3v) is 5.70. The molecule has 0 saturated carbocycles. The highest BCUT2D eigenvalue weighted by Gasteiger charge is 2.28. The number of H-pyrrole nitrogens is 1. The Labute approximate surface area is 103 Å². The van der Waals surface area contributed by atoms with Crippen LogP contribution >= 0.6 is 11.8 Å². The Hall–Kier alpha value is -1.02. The fourth-order valence-electron chi connectivity index (χ4n) is 1.60. The van der Waals surface area contributed by atoms with Gasteiger partial charge in [-0.3, -0.25) is 9.89 Å². The number of amides is 1. The minimum atomic E-state index is -2.86. The predicted octanol–water partition coefficient (Wildman–Crippen LogP) is 0.269. The van der Waals surface area contributed by atoms with Crippen molar-refractivity contribution in [3.05, 3.63) is 12.3 Å². The molecule has 2 heterocycles. The summed E-state index contributed by atoms with van der Waals surface area (Å²) in [6.45, 7) is 0. The van der Waals surface area contributed by atoms with Crippen LogP contribution in [-0.2, 0) is 14.6 Å². The molecule has 17 heavy (non-hydrogen) atoms. The molecule has 8 heteroatoms. The number of rotatable bonds is 4. The fourth-order valence-corrected chi connectivity index (χ4v) is 5.04. The highest BCUT2D eigenvalue weighted by molar-refractivity contribution is 8.02. The van der Waals surface area contributed by atoms with E-state index in [0.29, 0.717) is 12.2 Å². The molecular formula is C9H13N3O3S2. The lowest BCUT2D eigenvalue weighted by molar-refractivity contribution is -0.113. The summed E-state index contributed by atoms with van der Waals surface area (Å²) in [7, 11) is -2.86. The van der Waals surface area contributed by atoms with Gasteiger partial charge in [0.2, 0.25) is 5.91 Å². The number of nitrogens with zero attached hydrogens (tertiary/aromatic N) is 1. The van der Waals surface area contributed by atoms with Crippen LogP contribution in [0.4, 0.5) is 5.82 Å². The van der Waals surface area contributed by atoms with Crippen molar-refractivity contribution in [1.29, 1.82) is 0 Å². The second kappa shape index (κ2) is 5.09. The van der Waals surface area contributed by atoms with Crippen LogP contribution in [0.5, 0.6) is 0 Å². The van der Waals surface area contributed by atoms with E-state index >= 15 is 0 Å². The maximum atomic E-state index is 11.5. The Bertz CT molecular complexity index is 484. The zero-order chi connectivity index (χ0) is 12.3. The summed E-state index contributed by atoms with van der Waals surface area (Å²) in [5, 5.41) is 9.02. The molecule has 0 spiro atoms. The average molecular weight is 275 g/mol. The summed E-state index contributed by atoms with van der Waals surface area (Å²) in [5.41, 5.74) is 0. The van der Waals surface area contributed by atoms with E-state index < -0.39 is 9.84 Å². The predicted molar refractivity (Wildman–Crippen MR) is 66.7 cm³/mol. The van der Waals surface area contributed by atoms with Gasteiger partial charge < -0.3 is 5.32 Å². The van der Waals surface area contributed by atoms with Gasteiger partial charge in [0.25, 0.3) is 0 Å². The van der Waals surface area contributed by atoms with Crippen LogP contribution in [0.1, 0.15) is 6.42 Å². The van der Waals surface area contributed by atoms with Crippen LogP contribution in [0.3, 0.4) is 0 Å². The van der Waals surface area contributed by atoms with Crippen LogP contribution < -0.4 is 5.32 Å². The van der Waals surface area contributed by atoms with E-state index in [0.717, 1.165) is 0 Å². The minimum absolute atomic E-state index is 0.0486. The minimum Gasteiger partial charge on any atom is -0.310 e. The molecule has 2 rings (SSSR count). The smallest absolute Gasteiger partial charge is 0.235 e. The topological polar surface area (TPSA) is 91.9 Å². The molecular weight excluding hydrogens is 262 g/mol. The number of thioether (sulfide) groups is 1. The van der Waals surface area contributed by atoms with Crippen LogP contribution in [0.15, 0.2) is 12.3 Å². The lowest BCUT2D eigenvalue weighted by atomic mass is 10.4. The van der Waals surface area contributed by atoms with Crippen molar-refractivity contribution in [2.75, 3.05) is 22.6 Å². The molecule has 0 radical (unpaired) electrons. The van der Waals surface area contributed by atoms with Gasteiger partial charge in [-0.15, -0.1) is 11.8 Å². The Morgan fingerprint density at radius 1 is 1.65 bits per heavy atom. The molecule has 1 aliphatic heterocycles. The van der Waals surface area contributed by atoms with Gasteiger partial charge in [0, 0.05) is 11.3 Å². The Balaban J connectivity index is 1.74. The highest BCUT2D eigenvalue weighted by Crippen LogP contribution is 2.24. The number of hydrogen-bond donors (Lipinski definition) is 2. The molecule has 94 valence electrons. The van der Waals surface area contributed by atoms with E-state index in [9.17, 15) is 13.2 Å². The molecule has 1 aromatic heterocycles. The fraction of sp³-hybridized carbons (Fsp3) is 0.556. The SMILES string of the molecule is O=C(CSC1CCS(=O)(=O)C1)Nc1ccn[nH]1. The van der Waals surface area contributed by atoms with Crippen molar-refractivity contribution >= 4 is 33.3 Å². The lowest BCUT2D eigenvalue weighted by Crippen LogP contribution is -2.17. The molecule has 1 unspecified atom stereocenters. The van der Waals surface area contributed by atoms with E-state index in [-0.39, 0.29) is 28.4 Å². The third kappa shape index (κ3) is 3.74. The quantitative estimate of drug-likeness (QED) is 0.823. The second-order valence-corrected chi connectivity index (χ2v) is 7.37. The first-order valence-corrected chi connectivity index (χ1v) is 8.03. The molecule has 1 atom stereocenters. The second-order valence-electron chi connectivity index (χ2n) is 3.85. The van der Waals surface area contributed by atoms with Crippen molar-refractivity contribution in [3.8, 4) is 0 Å².